The van der Waals surface area contributed by atoms with Gasteiger partial charge in [-0.1, -0.05) is 30.3 Å². The number of hydrogen-bond donors (Lipinski definition) is 2. The van der Waals surface area contributed by atoms with E-state index in [9.17, 15) is 14.4 Å². The number of nitrogens with one attached hydrogen (secondary N) is 2. The van der Waals surface area contributed by atoms with Crippen LogP contribution in [0.3, 0.4) is 0 Å². The van der Waals surface area contributed by atoms with Crippen LogP contribution < -0.4 is 10.6 Å². The fourth-order valence-electron chi connectivity index (χ4n) is 3.33. The van der Waals surface area contributed by atoms with Crippen molar-refractivity contribution in [1.82, 2.24) is 15.5 Å². The van der Waals surface area contributed by atoms with Crippen LogP contribution in [-0.4, -0.2) is 41.2 Å². The molecule has 1 saturated heterocycles. The van der Waals surface area contributed by atoms with Crippen molar-refractivity contribution in [2.45, 2.75) is 44.8 Å². The summed E-state index contributed by atoms with van der Waals surface area (Å²) in [6.07, 6.45) is 3.18. The Morgan fingerprint density at radius 2 is 1.96 bits per heavy atom. The van der Waals surface area contributed by atoms with Crippen LogP contribution in [0, 0.1) is 0 Å². The van der Waals surface area contributed by atoms with Crippen molar-refractivity contribution in [2.24, 2.45) is 0 Å². The molecule has 2 aromatic rings. The standard InChI is InChI=1S/C21H25N3O4/c1-15(20(26)22-14-17-9-6-12-28-17)23-21(27)18-10-5-11-24(18)19(25)13-16-7-3-2-4-8-16/h2-4,6-9,12,15,18H,5,10-11,13-14H2,1H3,(H,22,26)(H,23,27). The highest BCUT2D eigenvalue weighted by Crippen LogP contribution is 2.19. The lowest BCUT2D eigenvalue weighted by atomic mass is 10.1. The van der Waals surface area contributed by atoms with Crippen molar-refractivity contribution in [3.05, 3.63) is 60.1 Å². The van der Waals surface area contributed by atoms with Gasteiger partial charge in [-0.25, -0.2) is 0 Å². The smallest absolute Gasteiger partial charge is 0.243 e. The molecule has 0 aliphatic carbocycles. The zero-order valence-electron chi connectivity index (χ0n) is 15.9. The van der Waals surface area contributed by atoms with Gasteiger partial charge < -0.3 is 20.0 Å². The largest absolute Gasteiger partial charge is 0.467 e. The number of likely N-dealkylation sites (tertiary alicyclic amines) is 1. The minimum absolute atomic E-state index is 0.0706. The number of furan rings is 1. The van der Waals surface area contributed by atoms with Gasteiger partial charge in [-0.3, -0.25) is 14.4 Å². The van der Waals surface area contributed by atoms with Crippen LogP contribution in [0.4, 0.5) is 0 Å². The van der Waals surface area contributed by atoms with Crippen LogP contribution in [0.1, 0.15) is 31.1 Å². The van der Waals surface area contributed by atoms with E-state index in [2.05, 4.69) is 10.6 Å². The Kier molecular flexibility index (Phi) is 6.47. The van der Waals surface area contributed by atoms with Crippen LogP contribution in [0.5, 0.6) is 0 Å². The van der Waals surface area contributed by atoms with Gasteiger partial charge in [-0.15, -0.1) is 0 Å². The SMILES string of the molecule is CC(NC(=O)C1CCCN1C(=O)Cc1ccccc1)C(=O)NCc1ccco1. The molecule has 28 heavy (non-hydrogen) atoms. The Balaban J connectivity index is 1.52. The summed E-state index contributed by atoms with van der Waals surface area (Å²) >= 11 is 0. The number of benzene rings is 1. The van der Waals surface area contributed by atoms with E-state index in [-0.39, 0.29) is 30.7 Å². The van der Waals surface area contributed by atoms with Crippen molar-refractivity contribution in [3.63, 3.8) is 0 Å². The highest BCUT2D eigenvalue weighted by molar-refractivity contribution is 5.92. The summed E-state index contributed by atoms with van der Waals surface area (Å²) in [7, 11) is 0. The molecular weight excluding hydrogens is 358 g/mol. The quantitative estimate of drug-likeness (QED) is 0.760. The van der Waals surface area contributed by atoms with Gasteiger partial charge in [0.25, 0.3) is 0 Å². The average molecular weight is 383 g/mol. The van der Waals surface area contributed by atoms with Crippen LogP contribution in [-0.2, 0) is 27.3 Å². The van der Waals surface area contributed by atoms with Crippen molar-refractivity contribution in [3.8, 4) is 0 Å². The van der Waals surface area contributed by atoms with Gasteiger partial charge in [0, 0.05) is 6.54 Å². The first-order valence-corrected chi connectivity index (χ1v) is 9.48. The number of rotatable bonds is 7. The van der Waals surface area contributed by atoms with Gasteiger partial charge in [0.15, 0.2) is 0 Å². The van der Waals surface area contributed by atoms with E-state index in [1.807, 2.05) is 30.3 Å². The Labute approximate surface area is 164 Å². The van der Waals surface area contributed by atoms with E-state index in [1.54, 1.807) is 24.0 Å². The van der Waals surface area contributed by atoms with Crippen LogP contribution in [0.15, 0.2) is 53.1 Å². The molecule has 2 N–H and O–H groups in total. The predicted molar refractivity (Wildman–Crippen MR) is 103 cm³/mol. The molecule has 2 unspecified atom stereocenters. The number of carbonyl (C=O) groups is 3. The first-order valence-electron chi connectivity index (χ1n) is 9.48. The van der Waals surface area contributed by atoms with Crippen molar-refractivity contribution < 1.29 is 18.8 Å². The summed E-state index contributed by atoms with van der Waals surface area (Å²) in [6.45, 7) is 2.44. The van der Waals surface area contributed by atoms with Gasteiger partial charge in [-0.05, 0) is 37.5 Å². The molecule has 1 aromatic heterocycles. The zero-order valence-corrected chi connectivity index (χ0v) is 15.9. The Hall–Kier alpha value is -3.09. The maximum absolute atomic E-state index is 12.7. The first-order chi connectivity index (χ1) is 13.5. The first kappa shape index (κ1) is 19.7. The van der Waals surface area contributed by atoms with E-state index in [4.69, 9.17) is 4.42 Å². The molecule has 0 bridgehead atoms. The molecule has 2 atom stereocenters. The second-order valence-corrected chi connectivity index (χ2v) is 6.93. The molecule has 2 heterocycles. The molecule has 3 amide bonds. The minimum atomic E-state index is -0.700. The lowest BCUT2D eigenvalue weighted by Crippen LogP contribution is -2.52. The third-order valence-electron chi connectivity index (χ3n) is 4.84. The summed E-state index contributed by atoms with van der Waals surface area (Å²) in [6, 6.07) is 11.7. The summed E-state index contributed by atoms with van der Waals surface area (Å²) < 4.78 is 5.17. The van der Waals surface area contributed by atoms with Crippen molar-refractivity contribution in [1.29, 1.82) is 0 Å². The molecule has 1 fully saturated rings. The Morgan fingerprint density at radius 1 is 1.18 bits per heavy atom. The van der Waals surface area contributed by atoms with Crippen LogP contribution in [0.25, 0.3) is 0 Å². The normalized spacial score (nSPS) is 17.2. The van der Waals surface area contributed by atoms with E-state index >= 15 is 0 Å². The number of hydrogen-bond acceptors (Lipinski definition) is 4. The van der Waals surface area contributed by atoms with Crippen molar-refractivity contribution >= 4 is 17.7 Å². The highest BCUT2D eigenvalue weighted by Gasteiger charge is 2.34. The second kappa shape index (κ2) is 9.21. The van der Waals surface area contributed by atoms with Gasteiger partial charge in [0.05, 0.1) is 19.2 Å². The number of amides is 3. The van der Waals surface area contributed by atoms with Crippen LogP contribution >= 0.6 is 0 Å². The molecule has 7 nitrogen and oxygen atoms in total. The Bertz CT molecular complexity index is 804. The van der Waals surface area contributed by atoms with E-state index < -0.39 is 12.1 Å². The van der Waals surface area contributed by atoms with Gasteiger partial charge in [0.1, 0.15) is 17.8 Å². The second-order valence-electron chi connectivity index (χ2n) is 6.93. The molecule has 1 aliphatic heterocycles. The lowest BCUT2D eigenvalue weighted by molar-refractivity contribution is -0.139. The maximum Gasteiger partial charge on any atom is 0.243 e. The topological polar surface area (TPSA) is 91.7 Å². The summed E-state index contributed by atoms with van der Waals surface area (Å²) in [5.41, 5.74) is 0.921. The maximum atomic E-state index is 12.7. The van der Waals surface area contributed by atoms with Crippen molar-refractivity contribution in [2.75, 3.05) is 6.54 Å². The van der Waals surface area contributed by atoms with E-state index in [0.717, 1.165) is 12.0 Å². The summed E-state index contributed by atoms with van der Waals surface area (Å²) in [5, 5.41) is 5.44. The number of nitrogens with zero attached hydrogens (tertiary/aromatic N) is 1. The zero-order chi connectivity index (χ0) is 19.9. The van der Waals surface area contributed by atoms with E-state index in [1.165, 1.54) is 6.26 Å². The van der Waals surface area contributed by atoms with E-state index in [0.29, 0.717) is 18.7 Å². The Morgan fingerprint density at radius 3 is 2.68 bits per heavy atom. The summed E-state index contributed by atoms with van der Waals surface area (Å²) in [4.78, 5) is 39.1. The van der Waals surface area contributed by atoms with Gasteiger partial charge >= 0.3 is 0 Å². The molecule has 0 radical (unpaired) electrons. The monoisotopic (exact) mass is 383 g/mol. The predicted octanol–water partition coefficient (Wildman–Crippen LogP) is 1.63. The molecule has 148 valence electrons. The summed E-state index contributed by atoms with van der Waals surface area (Å²) in [5.74, 6) is -0.0244. The third-order valence-corrected chi connectivity index (χ3v) is 4.84. The number of carbonyl (C=O) groups excluding carboxylic acids is 3. The van der Waals surface area contributed by atoms with Crippen LogP contribution in [0.2, 0.25) is 0 Å². The molecule has 0 spiro atoms. The molecule has 0 saturated carbocycles. The third kappa shape index (κ3) is 5.00. The molecule has 7 heteroatoms. The fraction of sp³-hybridized carbons (Fsp3) is 0.381. The molecular formula is C21H25N3O4. The molecule has 1 aromatic carbocycles. The highest BCUT2D eigenvalue weighted by atomic mass is 16.3. The van der Waals surface area contributed by atoms with Gasteiger partial charge in [0.2, 0.25) is 17.7 Å². The minimum Gasteiger partial charge on any atom is -0.467 e. The molecule has 1 aliphatic rings. The van der Waals surface area contributed by atoms with Gasteiger partial charge in [-0.2, -0.15) is 0 Å². The fourth-order valence-corrected chi connectivity index (χ4v) is 3.33. The molecule has 3 rings (SSSR count). The lowest BCUT2D eigenvalue weighted by Gasteiger charge is -2.25. The average Bonchev–Trinajstić information content (AvgIpc) is 3.38.